The summed E-state index contributed by atoms with van der Waals surface area (Å²) in [7, 11) is 0. The number of nitrogens with one attached hydrogen (secondary N) is 1. The molecule has 1 N–H and O–H groups in total. The van der Waals surface area contributed by atoms with Crippen LogP contribution in [0.1, 0.15) is 60.8 Å². The van der Waals surface area contributed by atoms with E-state index in [1.807, 2.05) is 78.2 Å². The Hall–Kier alpha value is -4.52. The van der Waals surface area contributed by atoms with Crippen molar-refractivity contribution in [2.75, 3.05) is 0 Å². The average Bonchev–Trinajstić information content (AvgIpc) is 3.42. The molecule has 0 aliphatic carbocycles. The van der Waals surface area contributed by atoms with Crippen molar-refractivity contribution in [3.05, 3.63) is 128 Å². The molecule has 1 unspecified atom stereocenters. The third-order valence-electron chi connectivity index (χ3n) is 7.38. The first-order chi connectivity index (χ1) is 19.4. The standard InChI is InChI=1S/C33H34N4O3/c1-4-5-16-30-29(32(38)37(23(3)34-30)21-22(2)25-12-8-6-9-13-25)20-24-17-18-27(26-14-10-7-11-15-26)28(19-24)31-35-33(39)40-36-31/h6-15,17-19,22H,4-5,16,20-21H2,1-3H3,(H,35,36,39). The monoisotopic (exact) mass is 534 g/mol. The fraction of sp³-hybridized carbons (Fsp3) is 0.273. The number of benzene rings is 3. The second-order valence-corrected chi connectivity index (χ2v) is 10.3. The minimum absolute atomic E-state index is 0.00455. The zero-order valence-electron chi connectivity index (χ0n) is 23.2. The minimum atomic E-state index is -0.612. The summed E-state index contributed by atoms with van der Waals surface area (Å²) in [5, 5.41) is 3.96. The lowest BCUT2D eigenvalue weighted by atomic mass is 9.94. The molecular formula is C33H34N4O3. The molecule has 7 nitrogen and oxygen atoms in total. The lowest BCUT2D eigenvalue weighted by molar-refractivity contribution is 0.388. The Morgan fingerprint density at radius 2 is 1.68 bits per heavy atom. The van der Waals surface area contributed by atoms with Crippen LogP contribution in [0.5, 0.6) is 0 Å². The Labute approximate surface area is 233 Å². The Balaban J connectivity index is 1.57. The van der Waals surface area contributed by atoms with Crippen molar-refractivity contribution in [3.8, 4) is 22.5 Å². The first-order valence-electron chi connectivity index (χ1n) is 13.8. The van der Waals surface area contributed by atoms with Crippen LogP contribution >= 0.6 is 0 Å². The molecular weight excluding hydrogens is 500 g/mol. The van der Waals surface area contributed by atoms with Gasteiger partial charge in [0.1, 0.15) is 5.82 Å². The summed E-state index contributed by atoms with van der Waals surface area (Å²) >= 11 is 0. The van der Waals surface area contributed by atoms with E-state index in [9.17, 15) is 9.59 Å². The molecule has 5 aromatic rings. The summed E-state index contributed by atoms with van der Waals surface area (Å²) in [4.78, 5) is 33.5. The normalized spacial score (nSPS) is 12.0. The summed E-state index contributed by atoms with van der Waals surface area (Å²) in [6.45, 7) is 6.76. The predicted octanol–water partition coefficient (Wildman–Crippen LogP) is 6.30. The molecule has 3 aromatic carbocycles. The molecule has 0 aliphatic heterocycles. The summed E-state index contributed by atoms with van der Waals surface area (Å²) in [6, 6.07) is 26.2. The molecule has 7 heteroatoms. The Morgan fingerprint density at radius 3 is 2.35 bits per heavy atom. The summed E-state index contributed by atoms with van der Waals surface area (Å²) in [5.41, 5.74) is 6.34. The van der Waals surface area contributed by atoms with Gasteiger partial charge in [0.25, 0.3) is 5.56 Å². The van der Waals surface area contributed by atoms with Gasteiger partial charge in [-0.25, -0.2) is 9.78 Å². The van der Waals surface area contributed by atoms with Crippen LogP contribution < -0.4 is 11.3 Å². The molecule has 0 spiro atoms. The van der Waals surface area contributed by atoms with Crippen LogP contribution in [0, 0.1) is 6.92 Å². The number of aromatic amines is 1. The maximum atomic E-state index is 14.0. The number of H-pyrrole nitrogens is 1. The van der Waals surface area contributed by atoms with Crippen molar-refractivity contribution in [2.45, 2.75) is 58.9 Å². The molecule has 2 heterocycles. The van der Waals surface area contributed by atoms with E-state index in [4.69, 9.17) is 9.51 Å². The highest BCUT2D eigenvalue weighted by Crippen LogP contribution is 2.31. The Morgan fingerprint density at radius 1 is 0.950 bits per heavy atom. The second kappa shape index (κ2) is 12.1. The number of hydrogen-bond donors (Lipinski definition) is 1. The average molecular weight is 535 g/mol. The third-order valence-corrected chi connectivity index (χ3v) is 7.38. The van der Waals surface area contributed by atoms with Crippen LogP contribution in [-0.4, -0.2) is 19.7 Å². The molecule has 0 aliphatic rings. The first kappa shape index (κ1) is 27.1. The minimum Gasteiger partial charge on any atom is -0.296 e. The van der Waals surface area contributed by atoms with Gasteiger partial charge < -0.3 is 0 Å². The van der Waals surface area contributed by atoms with Crippen molar-refractivity contribution in [3.63, 3.8) is 0 Å². The molecule has 5 rings (SSSR count). The number of aryl methyl sites for hydroxylation is 2. The molecule has 0 radical (unpaired) electrons. The summed E-state index contributed by atoms with van der Waals surface area (Å²) in [5.74, 6) is 0.643. The van der Waals surface area contributed by atoms with Gasteiger partial charge in [0.15, 0.2) is 5.82 Å². The highest BCUT2D eigenvalue weighted by molar-refractivity contribution is 5.81. The molecule has 0 amide bonds. The number of unbranched alkanes of at least 4 members (excludes halogenated alkanes) is 1. The summed E-state index contributed by atoms with van der Waals surface area (Å²) in [6.07, 6.45) is 3.16. The van der Waals surface area contributed by atoms with Crippen molar-refractivity contribution in [1.29, 1.82) is 0 Å². The van der Waals surface area contributed by atoms with Crippen LogP contribution in [0.2, 0.25) is 0 Å². The van der Waals surface area contributed by atoms with Crippen molar-refractivity contribution < 1.29 is 4.52 Å². The van der Waals surface area contributed by atoms with Gasteiger partial charge in [-0.15, -0.1) is 0 Å². The van der Waals surface area contributed by atoms with Crippen LogP contribution in [0.25, 0.3) is 22.5 Å². The first-order valence-corrected chi connectivity index (χ1v) is 13.8. The van der Waals surface area contributed by atoms with E-state index >= 15 is 0 Å². The highest BCUT2D eigenvalue weighted by Gasteiger charge is 2.19. The van der Waals surface area contributed by atoms with Gasteiger partial charge in [0, 0.05) is 24.1 Å². The third kappa shape index (κ3) is 5.88. The van der Waals surface area contributed by atoms with Crippen LogP contribution in [-0.2, 0) is 19.4 Å². The zero-order chi connectivity index (χ0) is 28.1. The van der Waals surface area contributed by atoms with Gasteiger partial charge in [-0.05, 0) is 54.0 Å². The van der Waals surface area contributed by atoms with Crippen molar-refractivity contribution >= 4 is 0 Å². The molecule has 1 atom stereocenters. The Kier molecular flexibility index (Phi) is 8.20. The van der Waals surface area contributed by atoms with Gasteiger partial charge in [0.05, 0.1) is 5.69 Å². The van der Waals surface area contributed by atoms with Crippen molar-refractivity contribution in [2.24, 2.45) is 0 Å². The molecule has 0 bridgehead atoms. The number of hydrogen-bond acceptors (Lipinski definition) is 5. The van der Waals surface area contributed by atoms with E-state index in [1.54, 1.807) is 0 Å². The molecule has 0 saturated carbocycles. The van der Waals surface area contributed by atoms with E-state index in [-0.39, 0.29) is 11.5 Å². The van der Waals surface area contributed by atoms with E-state index in [0.717, 1.165) is 53.0 Å². The summed E-state index contributed by atoms with van der Waals surface area (Å²) < 4.78 is 6.64. The van der Waals surface area contributed by atoms with E-state index in [0.29, 0.717) is 24.4 Å². The quantitative estimate of drug-likeness (QED) is 0.227. The molecule has 0 fully saturated rings. The van der Waals surface area contributed by atoms with Crippen LogP contribution in [0.15, 0.2) is 93.0 Å². The van der Waals surface area contributed by atoms with E-state index < -0.39 is 5.76 Å². The zero-order valence-corrected chi connectivity index (χ0v) is 23.2. The van der Waals surface area contributed by atoms with Gasteiger partial charge in [0.2, 0.25) is 0 Å². The molecule has 2 aromatic heterocycles. The molecule has 0 saturated heterocycles. The van der Waals surface area contributed by atoms with E-state index in [2.05, 4.69) is 36.1 Å². The topological polar surface area (TPSA) is 93.8 Å². The van der Waals surface area contributed by atoms with E-state index in [1.165, 1.54) is 5.56 Å². The number of nitrogens with zero attached hydrogens (tertiary/aromatic N) is 3. The number of aromatic nitrogens is 4. The highest BCUT2D eigenvalue weighted by atomic mass is 16.5. The Bertz CT molecular complexity index is 1700. The fourth-order valence-corrected chi connectivity index (χ4v) is 5.18. The lowest BCUT2D eigenvalue weighted by Gasteiger charge is -2.19. The van der Waals surface area contributed by atoms with Crippen molar-refractivity contribution in [1.82, 2.24) is 19.7 Å². The van der Waals surface area contributed by atoms with Gasteiger partial charge >= 0.3 is 5.76 Å². The second-order valence-electron chi connectivity index (χ2n) is 10.3. The van der Waals surface area contributed by atoms with Gasteiger partial charge in [-0.1, -0.05) is 98.2 Å². The molecule has 204 valence electrons. The van der Waals surface area contributed by atoms with Crippen LogP contribution in [0.4, 0.5) is 0 Å². The molecule has 40 heavy (non-hydrogen) atoms. The van der Waals surface area contributed by atoms with Gasteiger partial charge in [-0.3, -0.25) is 18.9 Å². The number of rotatable bonds is 10. The smallest absolute Gasteiger partial charge is 0.296 e. The van der Waals surface area contributed by atoms with Crippen LogP contribution in [0.3, 0.4) is 0 Å². The maximum Gasteiger partial charge on any atom is 0.439 e. The lowest BCUT2D eigenvalue weighted by Crippen LogP contribution is -2.31. The van der Waals surface area contributed by atoms with Gasteiger partial charge in [-0.2, -0.15) is 0 Å². The largest absolute Gasteiger partial charge is 0.439 e. The SMILES string of the molecule is CCCCc1nc(C)n(CC(C)c2ccccc2)c(=O)c1Cc1ccc(-c2ccccc2)c(-c2noc(=O)[nH]2)c1. The predicted molar refractivity (Wildman–Crippen MR) is 158 cm³/mol. The maximum absolute atomic E-state index is 14.0. The fourth-order valence-electron chi connectivity index (χ4n) is 5.18.